The lowest BCUT2D eigenvalue weighted by Gasteiger charge is -2.37. The number of ether oxygens (including phenoxy) is 1. The molecule has 0 aromatic heterocycles. The number of alkyl halides is 1. The largest absolute Gasteiger partial charge is 0.394 e. The van der Waals surface area contributed by atoms with Crippen LogP contribution in [0.1, 0.15) is 32.3 Å². The molecule has 3 amide bonds. The maximum atomic E-state index is 14.2. The lowest BCUT2D eigenvalue weighted by molar-refractivity contribution is -0.145. The molecule has 3 aliphatic heterocycles. The van der Waals surface area contributed by atoms with Crippen LogP contribution in [-0.4, -0.2) is 63.0 Å². The number of aliphatic hydroxyl groups excluding tert-OH is 1. The molecule has 0 aliphatic carbocycles. The van der Waals surface area contributed by atoms with Gasteiger partial charge in [-0.1, -0.05) is 78.3 Å². The van der Waals surface area contributed by atoms with Crippen molar-refractivity contribution in [1.29, 1.82) is 0 Å². The van der Waals surface area contributed by atoms with Crippen LogP contribution in [0.4, 0.5) is 5.69 Å². The zero-order chi connectivity index (χ0) is 27.0. The number of rotatable bonds is 9. The predicted octanol–water partition coefficient (Wildman–Crippen LogP) is 3.10. The number of nitrogens with one attached hydrogen (secondary N) is 2. The number of anilines is 1. The van der Waals surface area contributed by atoms with Crippen molar-refractivity contribution in [3.8, 4) is 0 Å². The first kappa shape index (κ1) is 26.8. The van der Waals surface area contributed by atoms with Crippen molar-refractivity contribution in [2.24, 2.45) is 17.8 Å². The summed E-state index contributed by atoms with van der Waals surface area (Å²) in [4.78, 5) is 43.0. The summed E-state index contributed by atoms with van der Waals surface area (Å²) in [5.41, 5.74) is 0.398. The molecule has 9 heteroatoms. The molecule has 3 saturated heterocycles. The Bertz CT molecular complexity index is 1180. The van der Waals surface area contributed by atoms with E-state index in [4.69, 9.17) is 4.74 Å². The predicted molar refractivity (Wildman–Crippen MR) is 146 cm³/mol. The van der Waals surface area contributed by atoms with Crippen molar-refractivity contribution in [2.45, 2.75) is 61.8 Å². The van der Waals surface area contributed by atoms with Crippen molar-refractivity contribution in [3.05, 3.63) is 66.2 Å². The molecule has 3 fully saturated rings. The van der Waals surface area contributed by atoms with Gasteiger partial charge in [0.1, 0.15) is 11.6 Å². The second-order valence-corrected chi connectivity index (χ2v) is 12.1. The van der Waals surface area contributed by atoms with Crippen molar-refractivity contribution in [1.82, 2.24) is 10.2 Å². The van der Waals surface area contributed by atoms with E-state index in [-0.39, 0.29) is 35.1 Å². The number of halogens is 1. The second-order valence-electron chi connectivity index (χ2n) is 10.9. The Hall–Kier alpha value is -2.75. The molecular weight excluding hydrogens is 550 g/mol. The quantitative estimate of drug-likeness (QED) is 0.393. The highest BCUT2D eigenvalue weighted by Gasteiger charge is 2.77. The zero-order valence-electron chi connectivity index (χ0n) is 21.5. The van der Waals surface area contributed by atoms with Crippen LogP contribution in [0.2, 0.25) is 0 Å². The van der Waals surface area contributed by atoms with Gasteiger partial charge in [0.05, 0.1) is 30.6 Å². The molecule has 3 aliphatic rings. The van der Waals surface area contributed by atoms with E-state index in [1.807, 2.05) is 62.4 Å². The van der Waals surface area contributed by atoms with E-state index < -0.39 is 35.6 Å². The van der Waals surface area contributed by atoms with E-state index in [2.05, 4.69) is 26.6 Å². The molecule has 38 heavy (non-hydrogen) atoms. The second kappa shape index (κ2) is 10.8. The number of benzene rings is 2. The summed E-state index contributed by atoms with van der Waals surface area (Å²) < 4.78 is 6.54. The third-order valence-corrected chi connectivity index (χ3v) is 8.82. The maximum absolute atomic E-state index is 14.2. The molecule has 0 radical (unpaired) electrons. The maximum Gasteiger partial charge on any atom is 0.246 e. The fourth-order valence-corrected chi connectivity index (χ4v) is 7.45. The Balaban J connectivity index is 1.50. The zero-order valence-corrected chi connectivity index (χ0v) is 23.1. The average Bonchev–Trinajstić information content (AvgIpc) is 3.50. The van der Waals surface area contributed by atoms with Gasteiger partial charge in [-0.2, -0.15) is 0 Å². The van der Waals surface area contributed by atoms with E-state index in [1.54, 1.807) is 12.1 Å². The normalized spacial score (nSPS) is 30.4. The number of nitrogens with zero attached hydrogens (tertiary/aromatic N) is 1. The molecular formula is C29H34BrN3O5. The SMILES string of the molecule is CC(C)C[C@H](CO)N1C(=O)[C@@H]2[C@H](C(=O)Nc3ccccc3)[C@H]3OC2(CC3Br)C1C(=O)NCc1ccccc1. The molecule has 1 spiro atoms. The molecule has 3 N–H and O–H groups in total. The third-order valence-electron chi connectivity index (χ3n) is 7.98. The molecule has 3 heterocycles. The number of fused-ring (bicyclic) bond motifs is 1. The summed E-state index contributed by atoms with van der Waals surface area (Å²) >= 11 is 3.69. The number of carbonyl (C=O) groups is 3. The number of hydrogen-bond donors (Lipinski definition) is 3. The minimum Gasteiger partial charge on any atom is -0.394 e. The molecule has 5 rings (SSSR count). The van der Waals surface area contributed by atoms with E-state index in [0.717, 1.165) is 5.56 Å². The van der Waals surface area contributed by atoms with Crippen molar-refractivity contribution in [2.75, 3.05) is 11.9 Å². The first-order valence-electron chi connectivity index (χ1n) is 13.2. The van der Waals surface area contributed by atoms with E-state index in [9.17, 15) is 19.5 Å². The van der Waals surface area contributed by atoms with Crippen LogP contribution in [0.15, 0.2) is 60.7 Å². The van der Waals surface area contributed by atoms with Gasteiger partial charge >= 0.3 is 0 Å². The van der Waals surface area contributed by atoms with Gasteiger partial charge in [0.2, 0.25) is 17.7 Å². The minimum absolute atomic E-state index is 0.185. The van der Waals surface area contributed by atoms with Crippen LogP contribution in [-0.2, 0) is 25.7 Å². The summed E-state index contributed by atoms with van der Waals surface area (Å²) in [6, 6.07) is 17.1. The fraction of sp³-hybridized carbons (Fsp3) is 0.483. The summed E-state index contributed by atoms with van der Waals surface area (Å²) in [6.45, 7) is 4.04. The Labute approximate surface area is 231 Å². The first-order chi connectivity index (χ1) is 18.3. The fourth-order valence-electron chi connectivity index (χ4n) is 6.51. The number of amides is 3. The van der Waals surface area contributed by atoms with Gasteiger partial charge in [-0.05, 0) is 36.5 Å². The summed E-state index contributed by atoms with van der Waals surface area (Å²) in [7, 11) is 0. The highest BCUT2D eigenvalue weighted by molar-refractivity contribution is 9.09. The van der Waals surface area contributed by atoms with Crippen LogP contribution >= 0.6 is 15.9 Å². The van der Waals surface area contributed by atoms with E-state index in [0.29, 0.717) is 25.1 Å². The highest BCUT2D eigenvalue weighted by atomic mass is 79.9. The van der Waals surface area contributed by atoms with Crippen LogP contribution in [0, 0.1) is 17.8 Å². The number of likely N-dealkylation sites (tertiary alicyclic amines) is 1. The Morgan fingerprint density at radius 2 is 1.76 bits per heavy atom. The van der Waals surface area contributed by atoms with Gasteiger partial charge in [0.15, 0.2) is 0 Å². The smallest absolute Gasteiger partial charge is 0.246 e. The molecule has 0 saturated carbocycles. The van der Waals surface area contributed by atoms with Gasteiger partial charge in [-0.25, -0.2) is 0 Å². The number of aliphatic hydroxyl groups is 1. The molecule has 202 valence electrons. The van der Waals surface area contributed by atoms with Gasteiger partial charge in [-0.15, -0.1) is 0 Å². The lowest BCUT2D eigenvalue weighted by Crippen LogP contribution is -2.58. The number of para-hydroxylation sites is 1. The molecule has 3 unspecified atom stereocenters. The molecule has 7 atom stereocenters. The van der Waals surface area contributed by atoms with Crippen LogP contribution < -0.4 is 10.6 Å². The standard InChI is InChI=1S/C29H34BrN3O5/c1-17(2)13-20(16-34)33-25(27(36)31-15-18-9-5-3-6-10-18)29-14-21(30)24(38-29)22(23(29)28(33)37)26(35)32-19-11-7-4-8-12-19/h3-12,17,20-25,34H,13-16H2,1-2H3,(H,31,36)(H,32,35)/t20-,21?,22+,23+,24+,25?,29?/m1/s1. The average molecular weight is 585 g/mol. The minimum atomic E-state index is -1.17. The monoisotopic (exact) mass is 583 g/mol. The topological polar surface area (TPSA) is 108 Å². The Morgan fingerprint density at radius 3 is 2.39 bits per heavy atom. The van der Waals surface area contributed by atoms with Crippen molar-refractivity contribution in [3.63, 3.8) is 0 Å². The van der Waals surface area contributed by atoms with E-state index in [1.165, 1.54) is 4.90 Å². The van der Waals surface area contributed by atoms with Crippen molar-refractivity contribution < 1.29 is 24.2 Å². The Morgan fingerprint density at radius 1 is 1.11 bits per heavy atom. The summed E-state index contributed by atoms with van der Waals surface area (Å²) in [5.74, 6) is -2.35. The Kier molecular flexibility index (Phi) is 7.62. The molecule has 2 bridgehead atoms. The molecule has 8 nitrogen and oxygen atoms in total. The van der Waals surface area contributed by atoms with Gasteiger partial charge in [0.25, 0.3) is 0 Å². The molecule has 2 aromatic carbocycles. The third kappa shape index (κ3) is 4.65. The van der Waals surface area contributed by atoms with E-state index >= 15 is 0 Å². The highest BCUT2D eigenvalue weighted by Crippen LogP contribution is 2.60. The van der Waals surface area contributed by atoms with Gasteiger partial charge in [-0.3, -0.25) is 14.4 Å². The number of carbonyl (C=O) groups excluding carboxylic acids is 3. The van der Waals surface area contributed by atoms with Gasteiger partial charge < -0.3 is 25.4 Å². The molecule has 2 aromatic rings. The lowest BCUT2D eigenvalue weighted by atomic mass is 9.70. The van der Waals surface area contributed by atoms with Crippen LogP contribution in [0.3, 0.4) is 0 Å². The van der Waals surface area contributed by atoms with Crippen molar-refractivity contribution >= 4 is 39.3 Å². The van der Waals surface area contributed by atoms with Gasteiger partial charge in [0, 0.05) is 17.1 Å². The first-order valence-corrected chi connectivity index (χ1v) is 14.1. The van der Waals surface area contributed by atoms with Crippen LogP contribution in [0.25, 0.3) is 0 Å². The summed E-state index contributed by atoms with van der Waals surface area (Å²) in [6.07, 6.45) is 0.398. The number of hydrogen-bond acceptors (Lipinski definition) is 5. The summed E-state index contributed by atoms with van der Waals surface area (Å²) in [5, 5.41) is 16.3. The van der Waals surface area contributed by atoms with Crippen LogP contribution in [0.5, 0.6) is 0 Å².